The number of alkyl halides is 1. The summed E-state index contributed by atoms with van der Waals surface area (Å²) in [6.45, 7) is 6.71. The van der Waals surface area contributed by atoms with E-state index in [9.17, 15) is 9.18 Å². The lowest BCUT2D eigenvalue weighted by atomic mass is 9.76. The van der Waals surface area contributed by atoms with Crippen LogP contribution in [0.1, 0.15) is 113 Å². The van der Waals surface area contributed by atoms with Crippen molar-refractivity contribution in [2.45, 2.75) is 126 Å². The third-order valence-corrected chi connectivity index (χ3v) is 12.1. The number of unbranched alkanes of at least 4 members (excludes halogenated alkanes) is 1. The molecule has 6 rings (SSSR count). The first-order valence-corrected chi connectivity index (χ1v) is 18.4. The molecule has 5 atom stereocenters. The quantitative estimate of drug-likeness (QED) is 0.234. The van der Waals surface area contributed by atoms with E-state index in [4.69, 9.17) is 10.7 Å². The molecular formula is C39H58FN5O. The fourth-order valence-corrected chi connectivity index (χ4v) is 9.33. The number of likely N-dealkylation sites (tertiary alicyclic amines) is 1. The third kappa shape index (κ3) is 7.91. The molecule has 1 unspecified atom stereocenters. The smallest absolute Gasteiger partial charge is 0.136 e. The molecule has 252 valence electrons. The molecule has 2 aromatic rings. The first-order valence-electron chi connectivity index (χ1n) is 18.4. The Kier molecular flexibility index (Phi) is 11.3. The molecule has 1 aromatic carbocycles. The summed E-state index contributed by atoms with van der Waals surface area (Å²) in [5.74, 6) is 0.574. The van der Waals surface area contributed by atoms with Gasteiger partial charge >= 0.3 is 0 Å². The highest BCUT2D eigenvalue weighted by Crippen LogP contribution is 2.40. The number of halogens is 1. The summed E-state index contributed by atoms with van der Waals surface area (Å²) in [4.78, 5) is 26.8. The maximum Gasteiger partial charge on any atom is 0.136 e. The van der Waals surface area contributed by atoms with Crippen molar-refractivity contribution in [3.63, 3.8) is 0 Å². The van der Waals surface area contributed by atoms with Gasteiger partial charge in [0.2, 0.25) is 0 Å². The Balaban J connectivity index is 1.15. The van der Waals surface area contributed by atoms with Crippen LogP contribution in [0.4, 0.5) is 4.39 Å². The number of piperazine rings is 1. The van der Waals surface area contributed by atoms with Crippen LogP contribution < -0.4 is 5.73 Å². The Morgan fingerprint density at radius 1 is 1.09 bits per heavy atom. The zero-order chi connectivity index (χ0) is 32.1. The Bertz CT molecular complexity index is 1260. The third-order valence-electron chi connectivity index (χ3n) is 12.1. The number of ketones is 1. The van der Waals surface area contributed by atoms with Gasteiger partial charge in [0.15, 0.2) is 0 Å². The lowest BCUT2D eigenvalue weighted by molar-refractivity contribution is -0.125. The number of carbonyl (C=O) groups is 1. The molecule has 1 saturated carbocycles. The number of aryl methyl sites for hydroxylation is 1. The van der Waals surface area contributed by atoms with Gasteiger partial charge in [-0.3, -0.25) is 24.5 Å². The fraction of sp³-hybridized carbons (Fsp3) is 0.692. The van der Waals surface area contributed by atoms with Crippen molar-refractivity contribution in [2.75, 3.05) is 39.8 Å². The number of pyridine rings is 1. The van der Waals surface area contributed by atoms with Gasteiger partial charge in [-0.05, 0) is 134 Å². The Hall–Kier alpha value is -2.19. The van der Waals surface area contributed by atoms with Gasteiger partial charge in [-0.2, -0.15) is 0 Å². The molecular weight excluding hydrogens is 573 g/mol. The number of hydrogen-bond donors (Lipinski definition) is 1. The number of benzene rings is 1. The summed E-state index contributed by atoms with van der Waals surface area (Å²) >= 11 is 0. The molecule has 0 amide bonds. The highest BCUT2D eigenvalue weighted by molar-refractivity contribution is 5.82. The minimum atomic E-state index is -1.11. The summed E-state index contributed by atoms with van der Waals surface area (Å²) in [5.41, 5.74) is 8.83. The molecule has 2 saturated heterocycles. The van der Waals surface area contributed by atoms with Crippen LogP contribution in [-0.2, 0) is 11.2 Å². The van der Waals surface area contributed by atoms with Crippen LogP contribution in [0.15, 0.2) is 48.7 Å². The van der Waals surface area contributed by atoms with Gasteiger partial charge in [0, 0.05) is 49.8 Å². The van der Waals surface area contributed by atoms with Gasteiger partial charge in [0.25, 0.3) is 0 Å². The number of Topliss-reactive ketones (excluding diaryl/α,β-unsaturated/α-hetero) is 1. The predicted octanol–water partition coefficient (Wildman–Crippen LogP) is 6.70. The highest BCUT2D eigenvalue weighted by atomic mass is 19.1. The van der Waals surface area contributed by atoms with Crippen LogP contribution in [0.5, 0.6) is 0 Å². The number of nitrogens with two attached hydrogens (primary N) is 1. The second-order valence-electron chi connectivity index (χ2n) is 15.2. The van der Waals surface area contributed by atoms with Crippen molar-refractivity contribution < 1.29 is 9.18 Å². The van der Waals surface area contributed by atoms with Crippen molar-refractivity contribution in [1.82, 2.24) is 19.7 Å². The van der Waals surface area contributed by atoms with E-state index in [2.05, 4.69) is 64.2 Å². The van der Waals surface area contributed by atoms with E-state index < -0.39 is 5.67 Å². The van der Waals surface area contributed by atoms with Crippen LogP contribution in [0.2, 0.25) is 0 Å². The van der Waals surface area contributed by atoms with Gasteiger partial charge in [0.1, 0.15) is 11.5 Å². The topological polar surface area (TPSA) is 65.7 Å². The van der Waals surface area contributed by atoms with E-state index >= 15 is 0 Å². The largest absolute Gasteiger partial charge is 0.330 e. The molecule has 7 heteroatoms. The lowest BCUT2D eigenvalue weighted by Gasteiger charge is -2.48. The van der Waals surface area contributed by atoms with E-state index in [-0.39, 0.29) is 11.8 Å². The van der Waals surface area contributed by atoms with Gasteiger partial charge < -0.3 is 5.73 Å². The molecule has 2 bridgehead atoms. The Morgan fingerprint density at radius 2 is 1.89 bits per heavy atom. The second kappa shape index (κ2) is 15.4. The number of carbonyl (C=O) groups excluding carboxylic acids is 1. The van der Waals surface area contributed by atoms with Crippen LogP contribution in [0.25, 0.3) is 0 Å². The number of nitrogens with zero attached hydrogens (tertiary/aromatic N) is 4. The number of rotatable bonds is 14. The summed E-state index contributed by atoms with van der Waals surface area (Å²) in [7, 11) is 2.34. The van der Waals surface area contributed by atoms with E-state index in [0.29, 0.717) is 62.1 Å². The van der Waals surface area contributed by atoms with Gasteiger partial charge in [0.05, 0.1) is 11.7 Å². The normalized spacial score (nSPS) is 30.8. The molecule has 0 spiro atoms. The number of likely N-dealkylation sites (N-methyl/N-ethyl adjacent to an activating group) is 1. The minimum Gasteiger partial charge on any atom is -0.330 e. The number of fused-ring (bicyclic) bond motifs is 3. The first kappa shape index (κ1) is 33.7. The second-order valence-corrected chi connectivity index (χ2v) is 15.2. The molecule has 3 heterocycles. The van der Waals surface area contributed by atoms with Crippen molar-refractivity contribution in [1.29, 1.82) is 0 Å². The average molecular weight is 632 g/mol. The van der Waals surface area contributed by atoms with Crippen molar-refractivity contribution in [3.05, 3.63) is 65.5 Å². The molecule has 2 aliphatic heterocycles. The molecule has 0 radical (unpaired) electrons. The van der Waals surface area contributed by atoms with E-state index in [1.807, 2.05) is 6.20 Å². The molecule has 4 aliphatic rings. The van der Waals surface area contributed by atoms with Gasteiger partial charge in [-0.25, -0.2) is 4.39 Å². The first-order chi connectivity index (χ1) is 22.3. The maximum atomic E-state index is 14.5. The number of hydrogen-bond acceptors (Lipinski definition) is 6. The zero-order valence-corrected chi connectivity index (χ0v) is 28.5. The van der Waals surface area contributed by atoms with Gasteiger partial charge in [-0.1, -0.05) is 36.4 Å². The van der Waals surface area contributed by atoms with Crippen molar-refractivity contribution in [2.24, 2.45) is 11.7 Å². The fourth-order valence-electron chi connectivity index (χ4n) is 9.33. The molecule has 2 N–H and O–H groups in total. The monoisotopic (exact) mass is 631 g/mol. The van der Waals surface area contributed by atoms with Gasteiger partial charge in [-0.15, -0.1) is 0 Å². The Morgan fingerprint density at radius 3 is 2.67 bits per heavy atom. The molecule has 6 nitrogen and oxygen atoms in total. The highest BCUT2D eigenvalue weighted by Gasteiger charge is 2.46. The molecule has 46 heavy (non-hydrogen) atoms. The number of aromatic nitrogens is 1. The van der Waals surface area contributed by atoms with Crippen LogP contribution >= 0.6 is 0 Å². The SMILES string of the molecule is CN1C[C@@H]2CC[C@H]([C@H]1CN(CCCCN)C1CCCc3cccnc31)N2CC[C@@H](CC(=O)C1CCC(C)(F)CC1)c1ccccc1. The Labute approximate surface area is 277 Å². The summed E-state index contributed by atoms with van der Waals surface area (Å²) in [5, 5.41) is 0. The summed E-state index contributed by atoms with van der Waals surface area (Å²) < 4.78 is 14.5. The molecule has 1 aromatic heterocycles. The van der Waals surface area contributed by atoms with Crippen LogP contribution in [-0.4, -0.2) is 89.0 Å². The van der Waals surface area contributed by atoms with Crippen molar-refractivity contribution in [3.8, 4) is 0 Å². The zero-order valence-electron chi connectivity index (χ0n) is 28.5. The maximum absolute atomic E-state index is 14.5. The summed E-state index contributed by atoms with van der Waals surface area (Å²) in [6.07, 6.45) is 14.2. The standard InChI is InChI=1S/C39H58FN5O/c1-39(40)20-17-30(18-21-39)37(46)26-32(29-10-4-3-5-11-29)19-25-45-33-15-16-34(45)36(43(2)27-33)28-44(24-7-6-22-41)35-14-8-12-31-13-9-23-42-38(31)35/h3-5,9-11,13,23,30,32-36H,6-8,12,14-22,24-28,41H2,1-2H3/t30?,32-,33-,34+,35?,36+,39?/m0/s1. The summed E-state index contributed by atoms with van der Waals surface area (Å²) in [6, 6.07) is 17.0. The van der Waals surface area contributed by atoms with E-state index in [0.717, 1.165) is 58.4 Å². The van der Waals surface area contributed by atoms with E-state index in [1.54, 1.807) is 6.92 Å². The van der Waals surface area contributed by atoms with Crippen LogP contribution in [0, 0.1) is 5.92 Å². The van der Waals surface area contributed by atoms with Crippen LogP contribution in [0.3, 0.4) is 0 Å². The minimum absolute atomic E-state index is 0.0175. The van der Waals surface area contributed by atoms with Crippen molar-refractivity contribution >= 4 is 5.78 Å². The average Bonchev–Trinajstić information content (AvgIpc) is 3.37. The predicted molar refractivity (Wildman–Crippen MR) is 185 cm³/mol. The molecule has 3 fully saturated rings. The van der Waals surface area contributed by atoms with E-state index in [1.165, 1.54) is 42.5 Å². The molecule has 2 aliphatic carbocycles. The lowest BCUT2D eigenvalue weighted by Crippen LogP contribution is -2.61.